The van der Waals surface area contributed by atoms with Gasteiger partial charge in [0.15, 0.2) is 0 Å². The summed E-state index contributed by atoms with van der Waals surface area (Å²) in [5.74, 6) is -2.08. The van der Waals surface area contributed by atoms with Crippen molar-refractivity contribution in [3.05, 3.63) is 12.7 Å². The van der Waals surface area contributed by atoms with E-state index in [0.29, 0.717) is 18.8 Å². The van der Waals surface area contributed by atoms with Crippen LogP contribution in [0.15, 0.2) is 12.7 Å². The second-order valence-corrected chi connectivity index (χ2v) is 4.41. The first-order chi connectivity index (χ1) is 7.09. The molecule has 0 bridgehead atoms. The maximum absolute atomic E-state index is 13.0. The molecular weight excluding hydrogens is 196 g/mol. The average molecular weight is 217 g/mol. The van der Waals surface area contributed by atoms with Crippen molar-refractivity contribution in [1.29, 1.82) is 0 Å². The van der Waals surface area contributed by atoms with Gasteiger partial charge in [0.25, 0.3) is 0 Å². The molecule has 0 aromatic carbocycles. The quantitative estimate of drug-likeness (QED) is 0.696. The van der Waals surface area contributed by atoms with Gasteiger partial charge in [-0.15, -0.1) is 6.58 Å². The van der Waals surface area contributed by atoms with Crippen LogP contribution in [0.5, 0.6) is 0 Å². The molecule has 0 radical (unpaired) electrons. The van der Waals surface area contributed by atoms with Crippen LogP contribution in [0.2, 0.25) is 0 Å². The fourth-order valence-electron chi connectivity index (χ4n) is 2.18. The van der Waals surface area contributed by atoms with Crippen molar-refractivity contribution in [2.24, 2.45) is 5.92 Å². The summed E-state index contributed by atoms with van der Waals surface area (Å²) in [6.07, 6.45) is 4.23. The van der Waals surface area contributed by atoms with E-state index in [0.717, 1.165) is 13.0 Å². The van der Waals surface area contributed by atoms with Gasteiger partial charge in [-0.2, -0.15) is 0 Å². The maximum atomic E-state index is 13.0. The van der Waals surface area contributed by atoms with E-state index >= 15 is 0 Å². The molecule has 1 atom stereocenters. The zero-order valence-corrected chi connectivity index (χ0v) is 9.44. The van der Waals surface area contributed by atoms with E-state index in [9.17, 15) is 8.78 Å². The van der Waals surface area contributed by atoms with E-state index in [1.54, 1.807) is 0 Å². The van der Waals surface area contributed by atoms with E-state index in [1.165, 1.54) is 0 Å². The summed E-state index contributed by atoms with van der Waals surface area (Å²) in [7, 11) is 0. The van der Waals surface area contributed by atoms with Crippen LogP contribution in [-0.2, 0) is 0 Å². The smallest absolute Gasteiger partial charge is 0.248 e. The normalized spacial score (nSPS) is 23.7. The van der Waals surface area contributed by atoms with Crippen molar-refractivity contribution in [2.75, 3.05) is 6.54 Å². The first kappa shape index (κ1) is 12.6. The molecule has 0 heterocycles. The Bertz CT molecular complexity index is 194. The Kier molecular flexibility index (Phi) is 4.71. The van der Waals surface area contributed by atoms with Crippen LogP contribution < -0.4 is 5.32 Å². The maximum Gasteiger partial charge on any atom is 0.248 e. The molecule has 1 unspecified atom stereocenters. The van der Waals surface area contributed by atoms with E-state index in [1.807, 2.05) is 6.08 Å². The Morgan fingerprint density at radius 1 is 1.47 bits per heavy atom. The molecule has 88 valence electrons. The molecule has 0 amide bonds. The Balaban J connectivity index is 2.39. The van der Waals surface area contributed by atoms with Gasteiger partial charge >= 0.3 is 0 Å². The highest BCUT2D eigenvalue weighted by atomic mass is 19.3. The van der Waals surface area contributed by atoms with Gasteiger partial charge in [-0.25, -0.2) is 8.78 Å². The average Bonchev–Trinajstić information content (AvgIpc) is 2.21. The van der Waals surface area contributed by atoms with Crippen molar-refractivity contribution in [2.45, 2.75) is 51.0 Å². The minimum Gasteiger partial charge on any atom is -0.310 e. The van der Waals surface area contributed by atoms with Gasteiger partial charge in [-0.3, -0.25) is 0 Å². The van der Waals surface area contributed by atoms with Gasteiger partial charge in [0, 0.05) is 18.9 Å². The van der Waals surface area contributed by atoms with Gasteiger partial charge in [-0.05, 0) is 31.7 Å². The molecule has 0 aliphatic heterocycles. The molecule has 1 N–H and O–H groups in total. The number of nitrogens with one attached hydrogen (secondary N) is 1. The minimum absolute atomic E-state index is 0.0375. The van der Waals surface area contributed by atoms with Gasteiger partial charge < -0.3 is 5.32 Å². The van der Waals surface area contributed by atoms with Crippen LogP contribution in [0, 0.1) is 5.92 Å². The summed E-state index contributed by atoms with van der Waals surface area (Å²) in [5.41, 5.74) is 0. The van der Waals surface area contributed by atoms with Crippen molar-refractivity contribution in [3.8, 4) is 0 Å². The van der Waals surface area contributed by atoms with Crippen LogP contribution in [-0.4, -0.2) is 18.5 Å². The Hall–Kier alpha value is -0.440. The lowest BCUT2D eigenvalue weighted by Crippen LogP contribution is -2.38. The Morgan fingerprint density at radius 2 is 2.07 bits per heavy atom. The highest BCUT2D eigenvalue weighted by Crippen LogP contribution is 2.37. The number of alkyl halides is 2. The second-order valence-electron chi connectivity index (χ2n) is 4.41. The number of halogens is 2. The van der Waals surface area contributed by atoms with Crippen molar-refractivity contribution in [3.63, 3.8) is 0 Å². The highest BCUT2D eigenvalue weighted by molar-refractivity contribution is 4.94. The molecule has 0 spiro atoms. The van der Waals surface area contributed by atoms with E-state index in [2.05, 4.69) is 18.8 Å². The highest BCUT2D eigenvalue weighted by Gasteiger charge is 2.36. The summed E-state index contributed by atoms with van der Waals surface area (Å²) in [5, 5.41) is 3.35. The zero-order valence-electron chi connectivity index (χ0n) is 9.44. The number of hydrogen-bond donors (Lipinski definition) is 1. The van der Waals surface area contributed by atoms with Gasteiger partial charge in [0.1, 0.15) is 0 Å². The zero-order chi connectivity index (χ0) is 11.3. The van der Waals surface area contributed by atoms with Crippen molar-refractivity contribution in [1.82, 2.24) is 5.32 Å². The molecule has 1 nitrogen and oxygen atoms in total. The molecule has 1 saturated carbocycles. The third-order valence-corrected chi connectivity index (χ3v) is 3.15. The summed E-state index contributed by atoms with van der Waals surface area (Å²) in [6, 6.07) is 0.209. The molecule has 15 heavy (non-hydrogen) atoms. The molecule has 0 aromatic rings. The SMILES string of the molecule is C=CC(NCCC)C1CCC(F)(F)CC1. The standard InChI is InChI=1S/C12H21F2N/c1-3-9-15-11(4-2)10-5-7-12(13,14)8-6-10/h4,10-11,15H,2-3,5-9H2,1H3. The Morgan fingerprint density at radius 3 is 2.53 bits per heavy atom. The van der Waals surface area contributed by atoms with E-state index < -0.39 is 5.92 Å². The van der Waals surface area contributed by atoms with Crippen molar-refractivity contribution < 1.29 is 8.78 Å². The fraction of sp³-hybridized carbons (Fsp3) is 0.833. The van der Waals surface area contributed by atoms with Crippen LogP contribution in [0.4, 0.5) is 8.78 Å². The molecule has 0 aromatic heterocycles. The molecule has 3 heteroatoms. The topological polar surface area (TPSA) is 12.0 Å². The van der Waals surface area contributed by atoms with Crippen LogP contribution >= 0.6 is 0 Å². The lowest BCUT2D eigenvalue weighted by atomic mass is 9.82. The van der Waals surface area contributed by atoms with Crippen LogP contribution in [0.25, 0.3) is 0 Å². The number of hydrogen-bond acceptors (Lipinski definition) is 1. The summed E-state index contributed by atoms with van der Waals surface area (Å²) in [4.78, 5) is 0. The largest absolute Gasteiger partial charge is 0.310 e. The predicted molar refractivity (Wildman–Crippen MR) is 59.2 cm³/mol. The molecule has 1 rings (SSSR count). The number of rotatable bonds is 5. The van der Waals surface area contributed by atoms with Crippen LogP contribution in [0.1, 0.15) is 39.0 Å². The first-order valence-electron chi connectivity index (χ1n) is 5.83. The lowest BCUT2D eigenvalue weighted by Gasteiger charge is -2.32. The minimum atomic E-state index is -2.42. The van der Waals surface area contributed by atoms with Crippen molar-refractivity contribution >= 4 is 0 Å². The first-order valence-corrected chi connectivity index (χ1v) is 5.83. The lowest BCUT2D eigenvalue weighted by molar-refractivity contribution is -0.0478. The molecule has 1 aliphatic carbocycles. The summed E-state index contributed by atoms with van der Waals surface area (Å²) in [6.45, 7) is 6.81. The molecular formula is C12H21F2N. The summed E-state index contributed by atoms with van der Waals surface area (Å²) < 4.78 is 25.9. The third kappa shape index (κ3) is 3.90. The molecule has 0 saturated heterocycles. The van der Waals surface area contributed by atoms with Crippen LogP contribution in [0.3, 0.4) is 0 Å². The second kappa shape index (κ2) is 5.59. The fourth-order valence-corrected chi connectivity index (χ4v) is 2.18. The van der Waals surface area contributed by atoms with E-state index in [4.69, 9.17) is 0 Å². The van der Waals surface area contributed by atoms with E-state index in [-0.39, 0.29) is 18.9 Å². The van der Waals surface area contributed by atoms with Gasteiger partial charge in [0.05, 0.1) is 0 Å². The molecule has 1 aliphatic rings. The van der Waals surface area contributed by atoms with Gasteiger partial charge in [0.2, 0.25) is 5.92 Å². The Labute approximate surface area is 90.9 Å². The van der Waals surface area contributed by atoms with Gasteiger partial charge in [-0.1, -0.05) is 13.0 Å². The monoisotopic (exact) mass is 217 g/mol. The summed E-state index contributed by atoms with van der Waals surface area (Å²) >= 11 is 0. The molecule has 1 fully saturated rings. The third-order valence-electron chi connectivity index (χ3n) is 3.15. The predicted octanol–water partition coefficient (Wildman–Crippen LogP) is 3.37.